The molecule has 0 aliphatic carbocycles. The van der Waals surface area contributed by atoms with Gasteiger partial charge in [0.1, 0.15) is 5.82 Å². The number of para-hydroxylation sites is 1. The lowest BCUT2D eigenvalue weighted by atomic mass is 10.2. The summed E-state index contributed by atoms with van der Waals surface area (Å²) in [6.45, 7) is 1.92. The molecule has 1 heterocycles. The molecule has 0 N–H and O–H groups in total. The van der Waals surface area contributed by atoms with Crippen molar-refractivity contribution in [3.63, 3.8) is 0 Å². The van der Waals surface area contributed by atoms with Gasteiger partial charge in [0.05, 0.1) is 17.2 Å². The van der Waals surface area contributed by atoms with Crippen LogP contribution in [0.4, 0.5) is 4.39 Å². The van der Waals surface area contributed by atoms with Crippen molar-refractivity contribution >= 4 is 16.8 Å². The highest BCUT2D eigenvalue weighted by Gasteiger charge is 2.15. The molecule has 0 saturated heterocycles. The third-order valence-electron chi connectivity index (χ3n) is 4.75. The Bertz CT molecular complexity index is 1030. The number of fused-ring (bicyclic) bond motifs is 1. The Morgan fingerprint density at radius 3 is 2.52 bits per heavy atom. The Morgan fingerprint density at radius 1 is 1.07 bits per heavy atom. The molecule has 2 aromatic carbocycles. The predicted octanol–water partition coefficient (Wildman–Crippen LogP) is 2.52. The zero-order valence-electron chi connectivity index (χ0n) is 16.7. The van der Waals surface area contributed by atoms with E-state index in [9.17, 15) is 14.0 Å². The fourth-order valence-electron chi connectivity index (χ4n) is 3.06. The molecule has 0 aliphatic heterocycles. The molecule has 0 aliphatic rings. The van der Waals surface area contributed by atoms with Crippen molar-refractivity contribution in [1.29, 1.82) is 0 Å². The number of aromatic nitrogens is 2. The molecule has 0 saturated carbocycles. The molecule has 0 spiro atoms. The molecule has 0 unspecified atom stereocenters. The van der Waals surface area contributed by atoms with Gasteiger partial charge in [-0.15, -0.1) is 0 Å². The SMILES string of the molecule is CN(C)CCN(Cc1ccc(F)cc1)C(=O)CCn1cnc2ccccc2c1=O. The van der Waals surface area contributed by atoms with Crippen LogP contribution in [-0.2, 0) is 17.9 Å². The van der Waals surface area contributed by atoms with E-state index >= 15 is 0 Å². The number of nitrogens with zero attached hydrogens (tertiary/aromatic N) is 4. The smallest absolute Gasteiger partial charge is 0.261 e. The van der Waals surface area contributed by atoms with Gasteiger partial charge in [0, 0.05) is 32.6 Å². The van der Waals surface area contributed by atoms with Crippen molar-refractivity contribution in [2.24, 2.45) is 0 Å². The molecular weight excluding hydrogens is 371 g/mol. The summed E-state index contributed by atoms with van der Waals surface area (Å²) in [6, 6.07) is 13.3. The van der Waals surface area contributed by atoms with Gasteiger partial charge < -0.3 is 9.80 Å². The maximum absolute atomic E-state index is 13.2. The van der Waals surface area contributed by atoms with E-state index < -0.39 is 0 Å². The lowest BCUT2D eigenvalue weighted by molar-refractivity contribution is -0.132. The quantitative estimate of drug-likeness (QED) is 0.587. The summed E-state index contributed by atoms with van der Waals surface area (Å²) in [7, 11) is 3.89. The summed E-state index contributed by atoms with van der Waals surface area (Å²) < 4.78 is 14.6. The minimum absolute atomic E-state index is 0.0590. The van der Waals surface area contributed by atoms with Crippen LogP contribution < -0.4 is 5.56 Å². The van der Waals surface area contributed by atoms with Crippen LogP contribution in [0, 0.1) is 5.82 Å². The second-order valence-corrected chi connectivity index (χ2v) is 7.26. The van der Waals surface area contributed by atoms with Gasteiger partial charge in [0.15, 0.2) is 0 Å². The zero-order chi connectivity index (χ0) is 20.8. The van der Waals surface area contributed by atoms with Crippen LogP contribution >= 0.6 is 0 Å². The van der Waals surface area contributed by atoms with Gasteiger partial charge in [-0.05, 0) is 43.9 Å². The van der Waals surface area contributed by atoms with Crippen molar-refractivity contribution in [2.75, 3.05) is 27.2 Å². The predicted molar refractivity (Wildman–Crippen MR) is 111 cm³/mol. The molecule has 0 atom stereocenters. The summed E-state index contributed by atoms with van der Waals surface area (Å²) >= 11 is 0. The highest BCUT2D eigenvalue weighted by molar-refractivity contribution is 5.77. The summed E-state index contributed by atoms with van der Waals surface area (Å²) in [5, 5.41) is 0.540. The van der Waals surface area contributed by atoms with Gasteiger partial charge in [-0.1, -0.05) is 24.3 Å². The molecule has 6 nitrogen and oxygen atoms in total. The number of aryl methyl sites for hydroxylation is 1. The number of likely N-dealkylation sites (N-methyl/N-ethyl adjacent to an activating group) is 1. The third-order valence-corrected chi connectivity index (χ3v) is 4.75. The van der Waals surface area contributed by atoms with Crippen LogP contribution in [0.2, 0.25) is 0 Å². The third kappa shape index (κ3) is 5.48. The molecule has 152 valence electrons. The standard InChI is InChI=1S/C22H25FN4O2/c1-25(2)13-14-26(15-17-7-9-18(23)10-8-17)21(28)11-12-27-16-24-20-6-4-3-5-19(20)22(27)29/h3-10,16H,11-15H2,1-2H3. The lowest BCUT2D eigenvalue weighted by Gasteiger charge is -2.25. The molecule has 0 bridgehead atoms. The Kier molecular flexibility index (Phi) is 6.72. The van der Waals surface area contributed by atoms with Crippen LogP contribution in [0.25, 0.3) is 10.9 Å². The second-order valence-electron chi connectivity index (χ2n) is 7.26. The molecule has 0 fully saturated rings. The van der Waals surface area contributed by atoms with Crippen LogP contribution in [0.15, 0.2) is 59.7 Å². The van der Waals surface area contributed by atoms with E-state index in [1.807, 2.05) is 25.1 Å². The highest BCUT2D eigenvalue weighted by atomic mass is 19.1. The first-order valence-electron chi connectivity index (χ1n) is 9.55. The number of carbonyl (C=O) groups is 1. The van der Waals surface area contributed by atoms with E-state index in [-0.39, 0.29) is 30.2 Å². The van der Waals surface area contributed by atoms with Gasteiger partial charge >= 0.3 is 0 Å². The molecule has 29 heavy (non-hydrogen) atoms. The number of benzene rings is 2. The lowest BCUT2D eigenvalue weighted by Crippen LogP contribution is -2.37. The minimum Gasteiger partial charge on any atom is -0.337 e. The number of hydrogen-bond donors (Lipinski definition) is 0. The molecular formula is C22H25FN4O2. The maximum Gasteiger partial charge on any atom is 0.261 e. The molecule has 1 aromatic heterocycles. The Hall–Kier alpha value is -3.06. The summed E-state index contributed by atoms with van der Waals surface area (Å²) in [6.07, 6.45) is 1.68. The molecule has 3 rings (SSSR count). The van der Waals surface area contributed by atoms with Gasteiger partial charge in [-0.3, -0.25) is 14.2 Å². The fraction of sp³-hybridized carbons (Fsp3) is 0.318. The molecule has 0 radical (unpaired) electrons. The number of rotatable bonds is 8. The van der Waals surface area contributed by atoms with Crippen molar-refractivity contribution < 1.29 is 9.18 Å². The van der Waals surface area contributed by atoms with Crippen molar-refractivity contribution in [3.05, 3.63) is 76.6 Å². The first-order chi connectivity index (χ1) is 13.9. The van der Waals surface area contributed by atoms with E-state index in [2.05, 4.69) is 4.98 Å². The first-order valence-corrected chi connectivity index (χ1v) is 9.55. The van der Waals surface area contributed by atoms with Gasteiger partial charge in [-0.25, -0.2) is 9.37 Å². The van der Waals surface area contributed by atoms with Gasteiger partial charge in [0.25, 0.3) is 5.56 Å². The van der Waals surface area contributed by atoms with E-state index in [1.54, 1.807) is 35.2 Å². The van der Waals surface area contributed by atoms with Crippen LogP contribution in [0.5, 0.6) is 0 Å². The van der Waals surface area contributed by atoms with Gasteiger partial charge in [0.2, 0.25) is 5.91 Å². The van der Waals surface area contributed by atoms with E-state index in [0.717, 1.165) is 5.56 Å². The fourth-order valence-corrected chi connectivity index (χ4v) is 3.06. The number of carbonyl (C=O) groups excluding carboxylic acids is 1. The van der Waals surface area contributed by atoms with Crippen molar-refractivity contribution in [2.45, 2.75) is 19.5 Å². The number of halogens is 1. The number of hydrogen-bond acceptors (Lipinski definition) is 4. The number of amides is 1. The summed E-state index contributed by atoms with van der Waals surface area (Å²) in [5.74, 6) is -0.362. The summed E-state index contributed by atoms with van der Waals surface area (Å²) in [5.41, 5.74) is 1.36. The molecule has 1 amide bonds. The van der Waals surface area contributed by atoms with Crippen LogP contribution in [0.1, 0.15) is 12.0 Å². The topological polar surface area (TPSA) is 58.4 Å². The Balaban J connectivity index is 1.71. The average molecular weight is 396 g/mol. The van der Waals surface area contributed by atoms with E-state index in [0.29, 0.717) is 30.5 Å². The van der Waals surface area contributed by atoms with Crippen molar-refractivity contribution in [1.82, 2.24) is 19.4 Å². The highest BCUT2D eigenvalue weighted by Crippen LogP contribution is 2.09. The Labute approximate surface area is 169 Å². The Morgan fingerprint density at radius 2 is 1.79 bits per heavy atom. The largest absolute Gasteiger partial charge is 0.337 e. The van der Waals surface area contributed by atoms with Crippen LogP contribution in [0.3, 0.4) is 0 Å². The normalized spacial score (nSPS) is 11.2. The van der Waals surface area contributed by atoms with Crippen molar-refractivity contribution in [3.8, 4) is 0 Å². The van der Waals surface area contributed by atoms with Gasteiger partial charge in [-0.2, -0.15) is 0 Å². The monoisotopic (exact) mass is 396 g/mol. The average Bonchev–Trinajstić information content (AvgIpc) is 2.72. The summed E-state index contributed by atoms with van der Waals surface area (Å²) in [4.78, 5) is 33.5. The molecule has 3 aromatic rings. The maximum atomic E-state index is 13.2. The first kappa shape index (κ1) is 20.7. The van der Waals surface area contributed by atoms with E-state index in [1.165, 1.54) is 23.0 Å². The van der Waals surface area contributed by atoms with E-state index in [4.69, 9.17) is 0 Å². The minimum atomic E-state index is -0.303. The molecule has 7 heteroatoms. The van der Waals surface area contributed by atoms with Crippen LogP contribution in [-0.4, -0.2) is 52.4 Å². The zero-order valence-corrected chi connectivity index (χ0v) is 16.7. The second kappa shape index (κ2) is 9.43.